The van der Waals surface area contributed by atoms with Crippen LogP contribution in [0.15, 0.2) is 39.7 Å². The van der Waals surface area contributed by atoms with Gasteiger partial charge in [-0.05, 0) is 28.1 Å². The lowest BCUT2D eigenvalue weighted by Crippen LogP contribution is -1.99. The third-order valence-corrected chi connectivity index (χ3v) is 2.40. The van der Waals surface area contributed by atoms with Gasteiger partial charge in [-0.3, -0.25) is 4.79 Å². The molecule has 2 nitrogen and oxygen atoms in total. The van der Waals surface area contributed by atoms with E-state index >= 15 is 0 Å². The fourth-order valence-corrected chi connectivity index (χ4v) is 1.65. The standard InChI is InChI=1S/C9H6BrNO.CH4/c10-7-3-1-2-6-8(12)4-5-11-9(6)7;/h1-5H,(H,11,12);1H4. The molecule has 0 unspecified atom stereocenters. The van der Waals surface area contributed by atoms with E-state index in [9.17, 15) is 4.79 Å². The van der Waals surface area contributed by atoms with Gasteiger partial charge in [-0.15, -0.1) is 0 Å². The molecule has 0 saturated heterocycles. The highest BCUT2D eigenvalue weighted by Crippen LogP contribution is 2.18. The lowest BCUT2D eigenvalue weighted by atomic mass is 10.2. The Morgan fingerprint density at radius 1 is 1.23 bits per heavy atom. The van der Waals surface area contributed by atoms with Crippen LogP contribution < -0.4 is 5.43 Å². The number of para-hydroxylation sites is 1. The Hall–Kier alpha value is -1.09. The molecule has 0 aliphatic carbocycles. The monoisotopic (exact) mass is 239 g/mol. The minimum Gasteiger partial charge on any atom is -0.360 e. The maximum Gasteiger partial charge on any atom is 0.189 e. The Balaban J connectivity index is 0.000000845. The van der Waals surface area contributed by atoms with Gasteiger partial charge >= 0.3 is 0 Å². The summed E-state index contributed by atoms with van der Waals surface area (Å²) in [6, 6.07) is 7.08. The molecule has 13 heavy (non-hydrogen) atoms. The molecule has 1 aromatic carbocycles. The average molecular weight is 240 g/mol. The predicted octanol–water partition coefficient (Wildman–Crippen LogP) is 2.93. The lowest BCUT2D eigenvalue weighted by Gasteiger charge is -1.97. The molecule has 3 heteroatoms. The van der Waals surface area contributed by atoms with Gasteiger partial charge in [-0.2, -0.15) is 0 Å². The van der Waals surface area contributed by atoms with Gasteiger partial charge in [-0.25, -0.2) is 0 Å². The zero-order chi connectivity index (χ0) is 8.55. The lowest BCUT2D eigenvalue weighted by molar-refractivity contribution is 1.38. The van der Waals surface area contributed by atoms with E-state index in [1.165, 1.54) is 6.07 Å². The summed E-state index contributed by atoms with van der Waals surface area (Å²) in [6.45, 7) is 0. The first-order valence-corrected chi connectivity index (χ1v) is 4.34. The van der Waals surface area contributed by atoms with Crippen LogP contribution in [0.2, 0.25) is 0 Å². The van der Waals surface area contributed by atoms with Crippen molar-refractivity contribution in [1.82, 2.24) is 4.98 Å². The minimum absolute atomic E-state index is 0. The second kappa shape index (κ2) is 3.75. The van der Waals surface area contributed by atoms with Crippen LogP contribution in [0.5, 0.6) is 0 Å². The third kappa shape index (κ3) is 1.65. The SMILES string of the molecule is C.O=c1cc[nH]c2c(Br)cccc12. The maximum absolute atomic E-state index is 11.3. The second-order valence-electron chi connectivity index (χ2n) is 2.50. The predicted molar refractivity (Wildman–Crippen MR) is 59.0 cm³/mol. The number of fused-ring (bicyclic) bond motifs is 1. The number of halogens is 1. The number of rotatable bonds is 0. The zero-order valence-electron chi connectivity index (χ0n) is 6.17. The highest BCUT2D eigenvalue weighted by molar-refractivity contribution is 9.10. The molecule has 68 valence electrons. The molecule has 0 fully saturated rings. The number of pyridine rings is 1. The van der Waals surface area contributed by atoms with Crippen molar-refractivity contribution < 1.29 is 0 Å². The Kier molecular flexibility index (Phi) is 2.88. The van der Waals surface area contributed by atoms with Crippen molar-refractivity contribution in [3.8, 4) is 0 Å². The molecule has 0 atom stereocenters. The molecule has 2 rings (SSSR count). The second-order valence-corrected chi connectivity index (χ2v) is 3.36. The normalized spacial score (nSPS) is 9.62. The van der Waals surface area contributed by atoms with Crippen molar-refractivity contribution in [1.29, 1.82) is 0 Å². The van der Waals surface area contributed by atoms with E-state index in [0.717, 1.165) is 9.99 Å². The van der Waals surface area contributed by atoms with Crippen LogP contribution in [0.1, 0.15) is 7.43 Å². The van der Waals surface area contributed by atoms with Crippen LogP contribution >= 0.6 is 15.9 Å². The van der Waals surface area contributed by atoms with Crippen LogP contribution in [0.4, 0.5) is 0 Å². The average Bonchev–Trinajstić information content (AvgIpc) is 2.07. The van der Waals surface area contributed by atoms with Crippen molar-refractivity contribution in [3.05, 3.63) is 45.2 Å². The van der Waals surface area contributed by atoms with Gasteiger partial charge in [0.25, 0.3) is 0 Å². The number of hydrogen-bond acceptors (Lipinski definition) is 1. The van der Waals surface area contributed by atoms with Crippen molar-refractivity contribution in [2.24, 2.45) is 0 Å². The maximum atomic E-state index is 11.3. The number of nitrogens with one attached hydrogen (secondary N) is 1. The molecule has 1 N–H and O–H groups in total. The third-order valence-electron chi connectivity index (χ3n) is 1.74. The Bertz CT molecular complexity index is 476. The zero-order valence-corrected chi connectivity index (χ0v) is 7.76. The highest BCUT2D eigenvalue weighted by Gasteiger charge is 1.99. The van der Waals surface area contributed by atoms with Crippen molar-refractivity contribution in [2.75, 3.05) is 0 Å². The number of hydrogen-bond donors (Lipinski definition) is 1. The Morgan fingerprint density at radius 2 is 2.00 bits per heavy atom. The molecular formula is C10H10BrNO. The summed E-state index contributed by atoms with van der Waals surface area (Å²) in [5, 5.41) is 0.715. The van der Waals surface area contributed by atoms with Gasteiger partial charge in [0.15, 0.2) is 5.43 Å². The van der Waals surface area contributed by atoms with Crippen LogP contribution in [0.25, 0.3) is 10.9 Å². The van der Waals surface area contributed by atoms with Gasteiger partial charge in [0.2, 0.25) is 0 Å². The van der Waals surface area contributed by atoms with Crippen molar-refractivity contribution >= 4 is 26.8 Å². The Morgan fingerprint density at radius 3 is 2.69 bits per heavy atom. The largest absolute Gasteiger partial charge is 0.360 e. The van der Waals surface area contributed by atoms with Gasteiger partial charge in [0, 0.05) is 22.1 Å². The summed E-state index contributed by atoms with van der Waals surface area (Å²) in [5.41, 5.74) is 0.898. The summed E-state index contributed by atoms with van der Waals surface area (Å²) in [4.78, 5) is 14.3. The summed E-state index contributed by atoms with van der Waals surface area (Å²) in [5.74, 6) is 0. The molecule has 1 aromatic heterocycles. The van der Waals surface area contributed by atoms with Crippen LogP contribution in [-0.2, 0) is 0 Å². The van der Waals surface area contributed by atoms with E-state index in [1.807, 2.05) is 12.1 Å². The Labute approximate surface area is 84.7 Å². The summed E-state index contributed by atoms with van der Waals surface area (Å²) in [7, 11) is 0. The van der Waals surface area contributed by atoms with E-state index in [4.69, 9.17) is 0 Å². The molecule has 0 amide bonds. The molecule has 0 saturated carbocycles. The van der Waals surface area contributed by atoms with E-state index in [1.54, 1.807) is 12.3 Å². The van der Waals surface area contributed by atoms with Gasteiger partial charge in [0.1, 0.15) is 0 Å². The number of H-pyrrole nitrogens is 1. The highest BCUT2D eigenvalue weighted by atomic mass is 79.9. The summed E-state index contributed by atoms with van der Waals surface area (Å²) < 4.78 is 0.915. The molecular weight excluding hydrogens is 230 g/mol. The van der Waals surface area contributed by atoms with Crippen molar-refractivity contribution in [3.63, 3.8) is 0 Å². The molecule has 1 heterocycles. The fraction of sp³-hybridized carbons (Fsp3) is 0.100. The number of aromatic amines is 1. The quantitative estimate of drug-likeness (QED) is 0.754. The first-order chi connectivity index (χ1) is 5.79. The van der Waals surface area contributed by atoms with Crippen LogP contribution in [-0.4, -0.2) is 4.98 Å². The van der Waals surface area contributed by atoms with E-state index in [2.05, 4.69) is 20.9 Å². The van der Waals surface area contributed by atoms with Gasteiger partial charge in [-0.1, -0.05) is 13.5 Å². The minimum atomic E-state index is 0. The van der Waals surface area contributed by atoms with Gasteiger partial charge in [0.05, 0.1) is 5.52 Å². The molecule has 0 bridgehead atoms. The molecule has 2 aromatic rings. The van der Waals surface area contributed by atoms with Crippen LogP contribution in [0.3, 0.4) is 0 Å². The van der Waals surface area contributed by atoms with E-state index < -0.39 is 0 Å². The van der Waals surface area contributed by atoms with Crippen molar-refractivity contribution in [2.45, 2.75) is 7.43 Å². The smallest absolute Gasteiger partial charge is 0.189 e. The first-order valence-electron chi connectivity index (χ1n) is 3.55. The fourth-order valence-electron chi connectivity index (χ4n) is 1.17. The van der Waals surface area contributed by atoms with E-state index in [0.29, 0.717) is 5.39 Å². The van der Waals surface area contributed by atoms with Gasteiger partial charge < -0.3 is 4.98 Å². The molecule has 0 aliphatic heterocycles. The van der Waals surface area contributed by atoms with E-state index in [-0.39, 0.29) is 12.9 Å². The molecule has 0 spiro atoms. The molecule has 0 radical (unpaired) electrons. The number of aromatic nitrogens is 1. The summed E-state index contributed by atoms with van der Waals surface area (Å²) >= 11 is 3.36. The van der Waals surface area contributed by atoms with Crippen LogP contribution in [0, 0.1) is 0 Å². The molecule has 0 aliphatic rings. The number of benzene rings is 1. The summed E-state index contributed by atoms with van der Waals surface area (Å²) in [6.07, 6.45) is 1.65. The first kappa shape index (κ1) is 9.99. The topological polar surface area (TPSA) is 32.9 Å².